The van der Waals surface area contributed by atoms with Crippen molar-refractivity contribution in [3.63, 3.8) is 0 Å². The number of carbonyl (C=O) groups is 1. The normalized spacial score (nSPS) is 10.6. The van der Waals surface area contributed by atoms with Crippen molar-refractivity contribution in [1.29, 1.82) is 0 Å². The van der Waals surface area contributed by atoms with Crippen LogP contribution in [0.25, 0.3) is 0 Å². The van der Waals surface area contributed by atoms with E-state index in [1.54, 1.807) is 0 Å². The summed E-state index contributed by atoms with van der Waals surface area (Å²) in [6.07, 6.45) is 4.67. The highest BCUT2D eigenvalue weighted by Gasteiger charge is 2.00. The molecule has 0 bridgehead atoms. The zero-order valence-electron chi connectivity index (χ0n) is 10.6. The maximum absolute atomic E-state index is 10.5. The third kappa shape index (κ3) is 13.8. The van der Waals surface area contributed by atoms with E-state index in [2.05, 4.69) is 26.5 Å². The lowest BCUT2D eigenvalue weighted by atomic mass is 10.1. The molecule has 0 rings (SSSR count). The molecule has 17 heavy (non-hydrogen) atoms. The Labute approximate surface area is 115 Å². The van der Waals surface area contributed by atoms with Crippen LogP contribution in [0.5, 0.6) is 0 Å². The zero-order chi connectivity index (χ0) is 13.1. The lowest BCUT2D eigenvalue weighted by Crippen LogP contribution is -2.13. The van der Waals surface area contributed by atoms with Crippen molar-refractivity contribution in [2.24, 2.45) is 5.92 Å². The number of ether oxygens (including phenoxy) is 2. The van der Waals surface area contributed by atoms with Crippen LogP contribution in [0, 0.1) is 5.92 Å². The van der Waals surface area contributed by atoms with Gasteiger partial charge in [-0.05, 0) is 24.6 Å². The first-order valence-electron chi connectivity index (χ1n) is 5.97. The average Bonchev–Trinajstić information content (AvgIpc) is 2.22. The fourth-order valence-corrected chi connectivity index (χ4v) is 1.54. The van der Waals surface area contributed by atoms with Crippen molar-refractivity contribution < 1.29 is 14.3 Å². The van der Waals surface area contributed by atoms with E-state index >= 15 is 0 Å². The molecule has 5 heteroatoms. The highest BCUT2D eigenvalue weighted by molar-refractivity contribution is 7.96. The Kier molecular flexibility index (Phi) is 10.9. The van der Waals surface area contributed by atoms with E-state index in [-0.39, 0.29) is 18.3 Å². The van der Waals surface area contributed by atoms with Gasteiger partial charge in [0, 0.05) is 0 Å². The topological polar surface area (TPSA) is 35.5 Å². The molecule has 0 aromatic rings. The van der Waals surface area contributed by atoms with Crippen LogP contribution in [0.15, 0.2) is 0 Å². The Morgan fingerprint density at radius 1 is 1.24 bits per heavy atom. The summed E-state index contributed by atoms with van der Waals surface area (Å²) < 4.78 is 10.3. The summed E-state index contributed by atoms with van der Waals surface area (Å²) in [4.78, 5) is 10.5. The Hall–Kier alpha value is -0.130. The van der Waals surface area contributed by atoms with E-state index in [1.807, 2.05) is 0 Å². The molecule has 0 aliphatic carbocycles. The number of thiol groups is 1. The molecule has 3 nitrogen and oxygen atoms in total. The fraction of sp³-hybridized carbons (Fsp3) is 0.833. The standard InChI is InChI=1S/C12H22O3S2/c1-10(2)6-4-3-5-7-15-12(17)9-14-8-11(13)16/h10H,3-9H2,1-2H3,(H,13,16). The maximum atomic E-state index is 10.5. The smallest absolute Gasteiger partial charge is 0.211 e. The molecule has 0 atom stereocenters. The number of thiocarbonyl (C=S) groups is 1. The van der Waals surface area contributed by atoms with Gasteiger partial charge in [0.15, 0.2) is 5.05 Å². The van der Waals surface area contributed by atoms with Crippen LogP contribution in [0.4, 0.5) is 0 Å². The van der Waals surface area contributed by atoms with Crippen molar-refractivity contribution in [1.82, 2.24) is 0 Å². The van der Waals surface area contributed by atoms with Gasteiger partial charge >= 0.3 is 0 Å². The Morgan fingerprint density at radius 3 is 2.53 bits per heavy atom. The second kappa shape index (κ2) is 11.0. The first kappa shape index (κ1) is 16.9. The second-order valence-electron chi connectivity index (χ2n) is 4.35. The summed E-state index contributed by atoms with van der Waals surface area (Å²) in [5, 5.41) is 0.102. The molecule has 0 spiro atoms. The van der Waals surface area contributed by atoms with Gasteiger partial charge < -0.3 is 9.47 Å². The van der Waals surface area contributed by atoms with Crippen LogP contribution in [0.2, 0.25) is 0 Å². The molecule has 0 aliphatic rings. The molecule has 0 amide bonds. The van der Waals surface area contributed by atoms with Crippen molar-refractivity contribution >= 4 is 35.0 Å². The molecule has 0 aromatic carbocycles. The van der Waals surface area contributed by atoms with E-state index in [0.717, 1.165) is 18.8 Å². The minimum absolute atomic E-state index is 0.0268. The molecule has 0 radical (unpaired) electrons. The number of rotatable bonds is 10. The second-order valence-corrected chi connectivity index (χ2v) is 5.30. The molecule has 0 aliphatic heterocycles. The fourth-order valence-electron chi connectivity index (χ4n) is 1.28. The Morgan fingerprint density at radius 2 is 1.94 bits per heavy atom. The molecular formula is C12H22O3S2. The van der Waals surface area contributed by atoms with Gasteiger partial charge in [-0.15, -0.1) is 12.6 Å². The Bertz CT molecular complexity index is 230. The van der Waals surface area contributed by atoms with Gasteiger partial charge in [-0.3, -0.25) is 4.79 Å². The number of unbranched alkanes of at least 4 members (excludes halogenated alkanes) is 2. The van der Waals surface area contributed by atoms with Crippen molar-refractivity contribution in [3.8, 4) is 0 Å². The number of hydrogen-bond acceptors (Lipinski definition) is 4. The largest absolute Gasteiger partial charge is 0.485 e. The van der Waals surface area contributed by atoms with Gasteiger partial charge in [-0.25, -0.2) is 0 Å². The SMILES string of the molecule is CC(C)CCCCCOC(=S)COCC(=O)S. The van der Waals surface area contributed by atoms with Gasteiger partial charge in [-0.2, -0.15) is 0 Å². The summed E-state index contributed by atoms with van der Waals surface area (Å²) in [6, 6.07) is 0. The monoisotopic (exact) mass is 278 g/mol. The van der Waals surface area contributed by atoms with E-state index in [4.69, 9.17) is 21.7 Å². The maximum Gasteiger partial charge on any atom is 0.211 e. The van der Waals surface area contributed by atoms with E-state index in [1.165, 1.54) is 12.8 Å². The molecular weight excluding hydrogens is 256 g/mol. The minimum atomic E-state index is -0.304. The molecule has 100 valence electrons. The molecule has 0 saturated carbocycles. The first-order chi connectivity index (χ1) is 8.02. The van der Waals surface area contributed by atoms with Crippen LogP contribution in [0.1, 0.15) is 39.5 Å². The van der Waals surface area contributed by atoms with Crippen LogP contribution in [-0.2, 0) is 14.3 Å². The highest BCUT2D eigenvalue weighted by Crippen LogP contribution is 2.08. The molecule has 0 saturated heterocycles. The Balaban J connectivity index is 3.25. The number of carbonyl (C=O) groups excluding carboxylic acids is 1. The lowest BCUT2D eigenvalue weighted by Gasteiger charge is -2.08. The molecule has 0 heterocycles. The molecule has 0 aromatic heterocycles. The zero-order valence-corrected chi connectivity index (χ0v) is 12.3. The predicted molar refractivity (Wildman–Crippen MR) is 76.7 cm³/mol. The van der Waals surface area contributed by atoms with E-state index in [9.17, 15) is 4.79 Å². The summed E-state index contributed by atoms with van der Waals surface area (Å²) in [5.41, 5.74) is 0. The first-order valence-corrected chi connectivity index (χ1v) is 6.83. The molecule has 0 fully saturated rings. The van der Waals surface area contributed by atoms with Gasteiger partial charge in [0.1, 0.15) is 13.2 Å². The van der Waals surface area contributed by atoms with Crippen LogP contribution < -0.4 is 0 Å². The number of hydrogen-bond donors (Lipinski definition) is 1. The van der Waals surface area contributed by atoms with Gasteiger partial charge in [0.05, 0.1) is 6.61 Å². The van der Waals surface area contributed by atoms with Crippen LogP contribution in [0.3, 0.4) is 0 Å². The van der Waals surface area contributed by atoms with Gasteiger partial charge in [0.2, 0.25) is 5.12 Å². The van der Waals surface area contributed by atoms with E-state index in [0.29, 0.717) is 11.7 Å². The van der Waals surface area contributed by atoms with Crippen molar-refractivity contribution in [2.45, 2.75) is 39.5 Å². The predicted octanol–water partition coefficient (Wildman–Crippen LogP) is 3.02. The minimum Gasteiger partial charge on any atom is -0.485 e. The van der Waals surface area contributed by atoms with Crippen molar-refractivity contribution in [3.05, 3.63) is 0 Å². The summed E-state index contributed by atoms with van der Waals surface area (Å²) in [5.74, 6) is 0.768. The lowest BCUT2D eigenvalue weighted by molar-refractivity contribution is -0.114. The summed E-state index contributed by atoms with van der Waals surface area (Å²) in [6.45, 7) is 5.25. The summed E-state index contributed by atoms with van der Waals surface area (Å²) in [7, 11) is 0. The van der Waals surface area contributed by atoms with Crippen molar-refractivity contribution in [2.75, 3.05) is 19.8 Å². The van der Waals surface area contributed by atoms with Crippen LogP contribution >= 0.6 is 24.8 Å². The third-order valence-electron chi connectivity index (χ3n) is 2.13. The summed E-state index contributed by atoms with van der Waals surface area (Å²) >= 11 is 8.52. The van der Waals surface area contributed by atoms with Gasteiger partial charge in [0.25, 0.3) is 0 Å². The third-order valence-corrected chi connectivity index (χ3v) is 2.50. The van der Waals surface area contributed by atoms with E-state index < -0.39 is 0 Å². The highest BCUT2D eigenvalue weighted by atomic mass is 32.1. The van der Waals surface area contributed by atoms with Gasteiger partial charge in [-0.1, -0.05) is 33.1 Å². The average molecular weight is 278 g/mol. The molecule has 0 unspecified atom stereocenters. The molecule has 0 N–H and O–H groups in total. The quantitative estimate of drug-likeness (QED) is 0.378. The van der Waals surface area contributed by atoms with Crippen LogP contribution in [-0.4, -0.2) is 30.0 Å².